The van der Waals surface area contributed by atoms with E-state index in [1.165, 1.54) is 0 Å². The van der Waals surface area contributed by atoms with Crippen LogP contribution in [-0.2, 0) is 4.74 Å². The van der Waals surface area contributed by atoms with Crippen molar-refractivity contribution >= 4 is 11.6 Å². The van der Waals surface area contributed by atoms with Crippen LogP contribution in [-0.4, -0.2) is 44.4 Å². The molecule has 0 aromatic heterocycles. The highest BCUT2D eigenvalue weighted by Gasteiger charge is 2.12. The van der Waals surface area contributed by atoms with Gasteiger partial charge < -0.3 is 9.47 Å². The highest BCUT2D eigenvalue weighted by molar-refractivity contribution is 6.32. The second-order valence-electron chi connectivity index (χ2n) is 5.12. The van der Waals surface area contributed by atoms with Crippen molar-refractivity contribution in [3.05, 3.63) is 28.8 Å². The van der Waals surface area contributed by atoms with E-state index in [4.69, 9.17) is 21.1 Å². The first-order valence-electron chi connectivity index (χ1n) is 6.90. The van der Waals surface area contributed by atoms with Crippen molar-refractivity contribution in [1.82, 2.24) is 4.90 Å². The summed E-state index contributed by atoms with van der Waals surface area (Å²) in [7, 11) is 0. The first-order valence-corrected chi connectivity index (χ1v) is 7.27. The molecule has 1 aliphatic heterocycles. The van der Waals surface area contributed by atoms with Gasteiger partial charge in [0.2, 0.25) is 0 Å². The van der Waals surface area contributed by atoms with E-state index in [0.29, 0.717) is 12.5 Å². The summed E-state index contributed by atoms with van der Waals surface area (Å²) in [4.78, 5) is 2.35. The van der Waals surface area contributed by atoms with E-state index in [1.54, 1.807) is 0 Å². The standard InChI is InChI=1S/C15H22ClNO2/c1-12(2)13-4-3-5-14(15(13)16)19-11-8-17-6-9-18-10-7-17/h3-5,12H,6-11H2,1-2H3. The van der Waals surface area contributed by atoms with Crippen molar-refractivity contribution in [1.29, 1.82) is 0 Å². The van der Waals surface area contributed by atoms with Gasteiger partial charge in [0.1, 0.15) is 12.4 Å². The lowest BCUT2D eigenvalue weighted by Crippen LogP contribution is -2.38. The molecule has 0 saturated carbocycles. The predicted octanol–water partition coefficient (Wildman–Crippen LogP) is 3.17. The van der Waals surface area contributed by atoms with Crippen LogP contribution < -0.4 is 4.74 Å². The third-order valence-corrected chi connectivity index (χ3v) is 3.79. The van der Waals surface area contributed by atoms with Crippen LogP contribution in [0.4, 0.5) is 0 Å². The summed E-state index contributed by atoms with van der Waals surface area (Å²) in [6.07, 6.45) is 0. The molecule has 1 aromatic rings. The molecule has 0 aliphatic carbocycles. The molecule has 0 amide bonds. The van der Waals surface area contributed by atoms with Gasteiger partial charge in [-0.15, -0.1) is 0 Å². The Morgan fingerprint density at radius 2 is 2.05 bits per heavy atom. The van der Waals surface area contributed by atoms with E-state index >= 15 is 0 Å². The Bertz CT molecular complexity index is 403. The molecule has 1 fully saturated rings. The summed E-state index contributed by atoms with van der Waals surface area (Å²) in [5.41, 5.74) is 1.14. The molecule has 19 heavy (non-hydrogen) atoms. The lowest BCUT2D eigenvalue weighted by atomic mass is 10.0. The minimum atomic E-state index is 0.412. The van der Waals surface area contributed by atoms with Crippen molar-refractivity contribution in [2.45, 2.75) is 19.8 Å². The molecule has 3 nitrogen and oxygen atoms in total. The molecule has 0 unspecified atom stereocenters. The van der Waals surface area contributed by atoms with Gasteiger partial charge in [0.05, 0.1) is 18.2 Å². The van der Waals surface area contributed by atoms with Crippen molar-refractivity contribution in [3.63, 3.8) is 0 Å². The van der Waals surface area contributed by atoms with E-state index in [1.807, 2.05) is 12.1 Å². The maximum absolute atomic E-state index is 6.37. The lowest BCUT2D eigenvalue weighted by Gasteiger charge is -2.26. The minimum absolute atomic E-state index is 0.412. The Hall–Kier alpha value is -0.770. The summed E-state index contributed by atoms with van der Waals surface area (Å²) >= 11 is 6.37. The first-order chi connectivity index (χ1) is 9.18. The Kier molecular flexibility index (Phi) is 5.49. The molecule has 1 aliphatic rings. The summed E-state index contributed by atoms with van der Waals surface area (Å²) in [5.74, 6) is 1.21. The van der Waals surface area contributed by atoms with Crippen molar-refractivity contribution in [3.8, 4) is 5.75 Å². The number of hydrogen-bond donors (Lipinski definition) is 0. The van der Waals surface area contributed by atoms with Crippen molar-refractivity contribution in [2.24, 2.45) is 0 Å². The first kappa shape index (κ1) is 14.6. The maximum Gasteiger partial charge on any atom is 0.138 e. The zero-order chi connectivity index (χ0) is 13.7. The highest BCUT2D eigenvalue weighted by atomic mass is 35.5. The summed E-state index contributed by atoms with van der Waals surface area (Å²) < 4.78 is 11.1. The molecule has 0 atom stereocenters. The monoisotopic (exact) mass is 283 g/mol. The Morgan fingerprint density at radius 3 is 2.74 bits per heavy atom. The summed E-state index contributed by atoms with van der Waals surface area (Å²) in [6, 6.07) is 6.00. The average molecular weight is 284 g/mol. The van der Waals surface area contributed by atoms with E-state index < -0.39 is 0 Å². The van der Waals surface area contributed by atoms with E-state index in [9.17, 15) is 0 Å². The van der Waals surface area contributed by atoms with Crippen LogP contribution in [0, 0.1) is 0 Å². The third-order valence-electron chi connectivity index (χ3n) is 3.38. The number of morpholine rings is 1. The minimum Gasteiger partial charge on any atom is -0.491 e. The molecule has 0 spiro atoms. The number of halogens is 1. The number of rotatable bonds is 5. The molecule has 2 rings (SSSR count). The van der Waals surface area contributed by atoms with E-state index in [2.05, 4.69) is 24.8 Å². The maximum atomic E-state index is 6.37. The van der Waals surface area contributed by atoms with E-state index in [0.717, 1.165) is 49.2 Å². The van der Waals surface area contributed by atoms with Crippen LogP contribution in [0.5, 0.6) is 5.75 Å². The van der Waals surface area contributed by atoms with Gasteiger partial charge in [0.15, 0.2) is 0 Å². The fourth-order valence-corrected chi connectivity index (χ4v) is 2.59. The Labute approximate surface area is 120 Å². The zero-order valence-electron chi connectivity index (χ0n) is 11.7. The molecular weight excluding hydrogens is 262 g/mol. The quantitative estimate of drug-likeness (QED) is 0.828. The number of ether oxygens (including phenoxy) is 2. The molecule has 1 heterocycles. The third kappa shape index (κ3) is 4.10. The fourth-order valence-electron chi connectivity index (χ4n) is 2.19. The van der Waals surface area contributed by atoms with Gasteiger partial charge >= 0.3 is 0 Å². The number of benzene rings is 1. The topological polar surface area (TPSA) is 21.7 Å². The molecule has 0 N–H and O–H groups in total. The largest absolute Gasteiger partial charge is 0.491 e. The SMILES string of the molecule is CC(C)c1cccc(OCCN2CCOCC2)c1Cl. The summed E-state index contributed by atoms with van der Waals surface area (Å²) in [5, 5.41) is 0.750. The van der Waals surface area contributed by atoms with Crippen LogP contribution in [0.2, 0.25) is 5.02 Å². The van der Waals surface area contributed by atoms with Crippen LogP contribution in [0.3, 0.4) is 0 Å². The van der Waals surface area contributed by atoms with Gasteiger partial charge in [-0.1, -0.05) is 37.6 Å². The predicted molar refractivity (Wildman–Crippen MR) is 78.3 cm³/mol. The van der Waals surface area contributed by atoms with Gasteiger partial charge in [0.25, 0.3) is 0 Å². The van der Waals surface area contributed by atoms with Crippen LogP contribution in [0.1, 0.15) is 25.3 Å². The number of hydrogen-bond acceptors (Lipinski definition) is 3. The molecule has 4 heteroatoms. The van der Waals surface area contributed by atoms with E-state index in [-0.39, 0.29) is 0 Å². The van der Waals surface area contributed by atoms with Gasteiger partial charge in [-0.25, -0.2) is 0 Å². The van der Waals surface area contributed by atoms with Crippen molar-refractivity contribution in [2.75, 3.05) is 39.5 Å². The second kappa shape index (κ2) is 7.13. The highest BCUT2D eigenvalue weighted by Crippen LogP contribution is 2.32. The van der Waals surface area contributed by atoms with Gasteiger partial charge in [-0.3, -0.25) is 4.90 Å². The molecule has 0 radical (unpaired) electrons. The average Bonchev–Trinajstić information content (AvgIpc) is 2.41. The van der Waals surface area contributed by atoms with Gasteiger partial charge in [0, 0.05) is 19.6 Å². The summed E-state index contributed by atoms with van der Waals surface area (Å²) in [6.45, 7) is 9.49. The van der Waals surface area contributed by atoms with Crippen molar-refractivity contribution < 1.29 is 9.47 Å². The molecule has 106 valence electrons. The lowest BCUT2D eigenvalue weighted by molar-refractivity contribution is 0.0322. The Balaban J connectivity index is 1.87. The fraction of sp³-hybridized carbons (Fsp3) is 0.600. The second-order valence-corrected chi connectivity index (χ2v) is 5.49. The zero-order valence-corrected chi connectivity index (χ0v) is 12.4. The smallest absolute Gasteiger partial charge is 0.138 e. The molecular formula is C15H22ClNO2. The van der Waals surface area contributed by atoms with Crippen LogP contribution >= 0.6 is 11.6 Å². The molecule has 1 saturated heterocycles. The van der Waals surface area contributed by atoms with Gasteiger partial charge in [-0.2, -0.15) is 0 Å². The van der Waals surface area contributed by atoms with Gasteiger partial charge in [-0.05, 0) is 17.5 Å². The number of nitrogens with zero attached hydrogens (tertiary/aromatic N) is 1. The molecule has 1 aromatic carbocycles. The normalized spacial score (nSPS) is 16.8. The molecule has 0 bridgehead atoms. The Morgan fingerprint density at radius 1 is 1.32 bits per heavy atom. The van der Waals surface area contributed by atoms with Crippen LogP contribution in [0.25, 0.3) is 0 Å². The van der Waals surface area contributed by atoms with Crippen LogP contribution in [0.15, 0.2) is 18.2 Å².